The third kappa shape index (κ3) is 4.96. The summed E-state index contributed by atoms with van der Waals surface area (Å²) in [6, 6.07) is 10.1. The van der Waals surface area contributed by atoms with Gasteiger partial charge in [0.15, 0.2) is 10.3 Å². The van der Waals surface area contributed by atoms with Crippen LogP contribution in [-0.4, -0.2) is 43.9 Å². The first-order chi connectivity index (χ1) is 12.3. The summed E-state index contributed by atoms with van der Waals surface area (Å²) in [6.07, 6.45) is 2.51. The number of nitrogens with one attached hydrogen (secondary N) is 1. The van der Waals surface area contributed by atoms with Crippen molar-refractivity contribution in [2.24, 2.45) is 4.99 Å². The van der Waals surface area contributed by atoms with E-state index in [-0.39, 0.29) is 11.7 Å². The van der Waals surface area contributed by atoms with Crippen LogP contribution in [0.25, 0.3) is 0 Å². The average molecular weight is 374 g/mol. The highest BCUT2D eigenvalue weighted by Crippen LogP contribution is 2.19. The van der Waals surface area contributed by atoms with Crippen LogP contribution in [-0.2, 0) is 17.8 Å². The number of hydrogen-bond acceptors (Lipinski definition) is 6. The second-order valence-electron chi connectivity index (χ2n) is 5.33. The molecule has 0 fully saturated rings. The number of amidine groups is 1. The molecule has 2 heterocycles. The smallest absolute Gasteiger partial charge is 0.236 e. The summed E-state index contributed by atoms with van der Waals surface area (Å²) >= 11 is 2.95. The molecular formula is C17H19N5OS2. The third-order valence-electron chi connectivity index (χ3n) is 3.47. The van der Waals surface area contributed by atoms with Gasteiger partial charge in [-0.1, -0.05) is 59.9 Å². The summed E-state index contributed by atoms with van der Waals surface area (Å²) in [6.45, 7) is 5.19. The van der Waals surface area contributed by atoms with Crippen LogP contribution in [0.4, 0.5) is 0 Å². The molecular weight excluding hydrogens is 354 g/mol. The zero-order valence-electron chi connectivity index (χ0n) is 13.7. The minimum absolute atomic E-state index is 0.0732. The highest BCUT2D eigenvalue weighted by Gasteiger charge is 2.15. The van der Waals surface area contributed by atoms with E-state index in [1.165, 1.54) is 17.3 Å². The highest BCUT2D eigenvalue weighted by molar-refractivity contribution is 8.14. The molecule has 0 saturated carbocycles. The van der Waals surface area contributed by atoms with Crippen molar-refractivity contribution in [3.8, 4) is 0 Å². The Hall–Kier alpha value is -2.06. The molecule has 1 aliphatic rings. The Morgan fingerprint density at radius 1 is 1.36 bits per heavy atom. The molecule has 0 unspecified atom stereocenters. The van der Waals surface area contributed by atoms with Crippen molar-refractivity contribution in [1.29, 1.82) is 0 Å². The van der Waals surface area contributed by atoms with Gasteiger partial charge in [-0.2, -0.15) is 0 Å². The van der Waals surface area contributed by atoms with Gasteiger partial charge in [-0.05, 0) is 5.56 Å². The normalized spacial score (nSPS) is 13.5. The number of nitrogens with zero attached hydrogens (tertiary/aromatic N) is 4. The molecule has 3 rings (SSSR count). The first-order valence-electron chi connectivity index (χ1n) is 7.93. The standard InChI is InChI=1S/C17H19N5OS2/c1-2-9-22-14(11-13-6-4-3-5-7-13)20-21-17(22)25-12-15(23)19-16-18-8-10-24-16/h2-7H,1,8-12H2,(H,18,19,23). The Morgan fingerprint density at radius 2 is 2.20 bits per heavy atom. The molecule has 8 heteroatoms. The Labute approximate surface area is 155 Å². The fourth-order valence-corrected chi connectivity index (χ4v) is 3.85. The predicted molar refractivity (Wildman–Crippen MR) is 103 cm³/mol. The number of hydrogen-bond donors (Lipinski definition) is 1. The van der Waals surface area contributed by atoms with Crippen LogP contribution in [0.3, 0.4) is 0 Å². The number of aliphatic imine (C=N–C) groups is 1. The number of carbonyl (C=O) groups is 1. The molecule has 0 aliphatic carbocycles. The van der Waals surface area contributed by atoms with E-state index < -0.39 is 0 Å². The van der Waals surface area contributed by atoms with E-state index in [0.29, 0.717) is 18.1 Å². The Balaban J connectivity index is 1.64. The molecule has 1 amide bonds. The highest BCUT2D eigenvalue weighted by atomic mass is 32.2. The van der Waals surface area contributed by atoms with Crippen LogP contribution in [0.2, 0.25) is 0 Å². The summed E-state index contributed by atoms with van der Waals surface area (Å²) in [7, 11) is 0. The fraction of sp³-hybridized carbons (Fsp3) is 0.294. The summed E-state index contributed by atoms with van der Waals surface area (Å²) in [5, 5.41) is 12.8. The second kappa shape index (κ2) is 8.87. The van der Waals surface area contributed by atoms with Gasteiger partial charge in [-0.25, -0.2) is 0 Å². The van der Waals surface area contributed by atoms with Gasteiger partial charge in [-0.3, -0.25) is 9.79 Å². The van der Waals surface area contributed by atoms with Crippen molar-refractivity contribution in [1.82, 2.24) is 20.1 Å². The van der Waals surface area contributed by atoms with Crippen molar-refractivity contribution in [3.05, 3.63) is 54.4 Å². The van der Waals surface area contributed by atoms with Gasteiger partial charge in [-0.15, -0.1) is 16.8 Å². The van der Waals surface area contributed by atoms with Crippen molar-refractivity contribution >= 4 is 34.6 Å². The molecule has 1 N–H and O–H groups in total. The first-order valence-corrected chi connectivity index (χ1v) is 9.90. The van der Waals surface area contributed by atoms with Gasteiger partial charge >= 0.3 is 0 Å². The molecule has 25 heavy (non-hydrogen) atoms. The van der Waals surface area contributed by atoms with E-state index in [2.05, 4.69) is 39.2 Å². The largest absolute Gasteiger partial charge is 0.305 e. The van der Waals surface area contributed by atoms with Crippen molar-refractivity contribution in [3.63, 3.8) is 0 Å². The molecule has 0 atom stereocenters. The Morgan fingerprint density at radius 3 is 2.92 bits per heavy atom. The number of benzene rings is 1. The van der Waals surface area contributed by atoms with Gasteiger partial charge in [0.25, 0.3) is 0 Å². The molecule has 1 aliphatic heterocycles. The van der Waals surface area contributed by atoms with Crippen LogP contribution >= 0.6 is 23.5 Å². The number of amides is 1. The first kappa shape index (κ1) is 17.8. The van der Waals surface area contributed by atoms with E-state index >= 15 is 0 Å². The lowest BCUT2D eigenvalue weighted by atomic mass is 10.1. The molecule has 0 saturated heterocycles. The van der Waals surface area contributed by atoms with E-state index in [4.69, 9.17) is 0 Å². The van der Waals surface area contributed by atoms with Gasteiger partial charge < -0.3 is 9.88 Å². The number of thioether (sulfide) groups is 2. The number of rotatable bonds is 7. The molecule has 1 aromatic heterocycles. The lowest BCUT2D eigenvalue weighted by Crippen LogP contribution is -2.29. The molecule has 0 radical (unpaired) electrons. The molecule has 2 aromatic rings. The van der Waals surface area contributed by atoms with E-state index in [9.17, 15) is 4.79 Å². The molecule has 0 spiro atoms. The maximum absolute atomic E-state index is 12.0. The fourth-order valence-electron chi connectivity index (χ4n) is 2.34. The van der Waals surface area contributed by atoms with Crippen LogP contribution in [0, 0.1) is 0 Å². The maximum atomic E-state index is 12.0. The Kier molecular flexibility index (Phi) is 6.30. The van der Waals surface area contributed by atoms with Crippen LogP contribution in [0.1, 0.15) is 11.4 Å². The number of carbonyl (C=O) groups excluding carboxylic acids is 1. The summed E-state index contributed by atoms with van der Waals surface area (Å²) in [5.41, 5.74) is 1.17. The second-order valence-corrected chi connectivity index (χ2v) is 7.36. The maximum Gasteiger partial charge on any atom is 0.236 e. The topological polar surface area (TPSA) is 72.2 Å². The number of aromatic nitrogens is 3. The van der Waals surface area contributed by atoms with Gasteiger partial charge in [0, 0.05) is 18.7 Å². The summed E-state index contributed by atoms with van der Waals surface area (Å²) in [4.78, 5) is 16.3. The van der Waals surface area contributed by atoms with Crippen LogP contribution in [0.5, 0.6) is 0 Å². The predicted octanol–water partition coefficient (Wildman–Crippen LogP) is 2.37. The van der Waals surface area contributed by atoms with E-state index in [1.807, 2.05) is 28.8 Å². The van der Waals surface area contributed by atoms with Crippen LogP contribution < -0.4 is 5.32 Å². The number of allylic oxidation sites excluding steroid dienone is 1. The average Bonchev–Trinajstić information content (AvgIpc) is 3.25. The minimum Gasteiger partial charge on any atom is -0.305 e. The lowest BCUT2D eigenvalue weighted by molar-refractivity contribution is -0.117. The lowest BCUT2D eigenvalue weighted by Gasteiger charge is -2.08. The van der Waals surface area contributed by atoms with E-state index in [0.717, 1.165) is 23.3 Å². The molecule has 6 nitrogen and oxygen atoms in total. The van der Waals surface area contributed by atoms with Gasteiger partial charge in [0.05, 0.1) is 12.3 Å². The molecule has 130 valence electrons. The quantitative estimate of drug-likeness (QED) is 0.596. The summed E-state index contributed by atoms with van der Waals surface area (Å²) in [5.74, 6) is 2.00. The minimum atomic E-state index is -0.0732. The zero-order valence-corrected chi connectivity index (χ0v) is 15.4. The SMILES string of the molecule is C=CCn1c(Cc2ccccc2)nnc1SCC(=O)NC1=NCCS1. The summed E-state index contributed by atoms with van der Waals surface area (Å²) < 4.78 is 2.00. The molecule has 0 bridgehead atoms. The monoisotopic (exact) mass is 373 g/mol. The van der Waals surface area contributed by atoms with Crippen molar-refractivity contribution in [2.75, 3.05) is 18.1 Å². The van der Waals surface area contributed by atoms with E-state index in [1.54, 1.807) is 11.8 Å². The molecule has 1 aromatic carbocycles. The van der Waals surface area contributed by atoms with Crippen LogP contribution in [0.15, 0.2) is 53.1 Å². The van der Waals surface area contributed by atoms with Gasteiger partial charge in [0.1, 0.15) is 5.82 Å². The third-order valence-corrected chi connectivity index (χ3v) is 5.33. The van der Waals surface area contributed by atoms with Gasteiger partial charge in [0.2, 0.25) is 5.91 Å². The Bertz CT molecular complexity index is 773. The van der Waals surface area contributed by atoms with Crippen molar-refractivity contribution in [2.45, 2.75) is 18.1 Å². The zero-order chi connectivity index (χ0) is 17.5. The van der Waals surface area contributed by atoms with Crippen molar-refractivity contribution < 1.29 is 4.79 Å².